The van der Waals surface area contributed by atoms with Crippen LogP contribution < -0.4 is 0 Å². The molecule has 2 heterocycles. The number of aromatic nitrogens is 2. The SMILES string of the molecule is C1=CCCC(C2(c3ccccc3)c3ccccc3-c3c2ccc2c3ccn2-c2cc(-c3ccccc3)nc(-c3ccccc3)c2)=C1. The molecule has 2 aliphatic carbocycles. The molecule has 2 aromatic heterocycles. The van der Waals surface area contributed by atoms with Gasteiger partial charge in [0.1, 0.15) is 0 Å². The van der Waals surface area contributed by atoms with Gasteiger partial charge in [-0.2, -0.15) is 0 Å². The van der Waals surface area contributed by atoms with Crippen LogP contribution in [-0.4, -0.2) is 9.55 Å². The normalized spacial score (nSPS) is 16.7. The summed E-state index contributed by atoms with van der Waals surface area (Å²) in [4.78, 5) is 5.13. The Balaban J connectivity index is 1.30. The first kappa shape index (κ1) is 26.7. The molecule has 218 valence electrons. The third-order valence-electron chi connectivity index (χ3n) is 9.81. The van der Waals surface area contributed by atoms with Crippen molar-refractivity contribution in [1.29, 1.82) is 0 Å². The molecule has 0 N–H and O–H groups in total. The van der Waals surface area contributed by atoms with Gasteiger partial charge in [0.2, 0.25) is 0 Å². The van der Waals surface area contributed by atoms with E-state index >= 15 is 0 Å². The summed E-state index contributed by atoms with van der Waals surface area (Å²) in [6.45, 7) is 0. The van der Waals surface area contributed by atoms with Crippen LogP contribution in [0.4, 0.5) is 0 Å². The standard InChI is InChI=1S/C44H32N2/c1-5-15-31(16-6-1)40-29-35(30-41(45-40)32-17-7-2-8-18-32)46-28-27-37-42(46)26-25-39-43(37)36-23-13-14-24-38(36)44(39,33-19-9-3-10-20-33)34-21-11-4-12-22-34/h1-11,13-21,23-30H,12,22H2. The fraction of sp³-hybridized carbons (Fsp3) is 0.0682. The van der Waals surface area contributed by atoms with Gasteiger partial charge in [-0.05, 0) is 64.9 Å². The van der Waals surface area contributed by atoms with Crippen molar-refractivity contribution in [2.75, 3.05) is 0 Å². The number of hydrogen-bond acceptors (Lipinski definition) is 1. The Kier molecular flexibility index (Phi) is 6.21. The molecule has 9 rings (SSSR count). The largest absolute Gasteiger partial charge is 0.316 e. The average Bonchev–Trinajstić information content (AvgIpc) is 3.71. The van der Waals surface area contributed by atoms with Crippen molar-refractivity contribution in [2.24, 2.45) is 0 Å². The predicted octanol–water partition coefficient (Wildman–Crippen LogP) is 11.0. The highest BCUT2D eigenvalue weighted by molar-refractivity contribution is 6.04. The summed E-state index contributed by atoms with van der Waals surface area (Å²) >= 11 is 0. The van der Waals surface area contributed by atoms with Gasteiger partial charge in [-0.3, -0.25) is 0 Å². The highest BCUT2D eigenvalue weighted by Gasteiger charge is 2.47. The number of allylic oxidation sites excluding steroid dienone is 4. The van der Waals surface area contributed by atoms with Crippen LogP contribution in [-0.2, 0) is 5.41 Å². The van der Waals surface area contributed by atoms with Gasteiger partial charge in [0.05, 0.1) is 22.3 Å². The summed E-state index contributed by atoms with van der Waals surface area (Å²) in [6.07, 6.45) is 11.2. The van der Waals surface area contributed by atoms with Crippen LogP contribution in [0.25, 0.3) is 50.2 Å². The molecule has 0 saturated heterocycles. The van der Waals surface area contributed by atoms with E-state index in [0.29, 0.717) is 0 Å². The van der Waals surface area contributed by atoms with Gasteiger partial charge < -0.3 is 4.57 Å². The zero-order chi connectivity index (χ0) is 30.5. The first-order valence-corrected chi connectivity index (χ1v) is 16.1. The monoisotopic (exact) mass is 588 g/mol. The zero-order valence-corrected chi connectivity index (χ0v) is 25.5. The van der Waals surface area contributed by atoms with Crippen LogP contribution in [0.3, 0.4) is 0 Å². The number of nitrogens with zero attached hydrogens (tertiary/aromatic N) is 2. The van der Waals surface area contributed by atoms with Crippen molar-refractivity contribution in [2.45, 2.75) is 18.3 Å². The van der Waals surface area contributed by atoms with E-state index in [1.165, 1.54) is 44.3 Å². The molecule has 7 aromatic rings. The number of benzene rings is 5. The Morgan fingerprint density at radius 2 is 1.26 bits per heavy atom. The van der Waals surface area contributed by atoms with E-state index < -0.39 is 0 Å². The molecule has 2 heteroatoms. The van der Waals surface area contributed by atoms with Gasteiger partial charge in [-0.25, -0.2) is 4.98 Å². The zero-order valence-electron chi connectivity index (χ0n) is 25.5. The molecule has 0 saturated carbocycles. The molecule has 0 bridgehead atoms. The number of pyridine rings is 1. The summed E-state index contributed by atoms with van der Waals surface area (Å²) in [7, 11) is 0. The Labute approximate surface area is 269 Å². The minimum atomic E-state index is -0.328. The van der Waals surface area contributed by atoms with Crippen molar-refractivity contribution >= 4 is 10.9 Å². The second-order valence-corrected chi connectivity index (χ2v) is 12.3. The molecular weight excluding hydrogens is 556 g/mol. The maximum absolute atomic E-state index is 5.13. The summed E-state index contributed by atoms with van der Waals surface area (Å²) in [5.74, 6) is 0. The highest BCUT2D eigenvalue weighted by atomic mass is 15.0. The first-order valence-electron chi connectivity index (χ1n) is 16.1. The number of hydrogen-bond donors (Lipinski definition) is 0. The Bertz CT molecular complexity index is 2230. The Morgan fingerprint density at radius 1 is 0.609 bits per heavy atom. The van der Waals surface area contributed by atoms with E-state index in [1.807, 2.05) is 0 Å². The van der Waals surface area contributed by atoms with Crippen LogP contribution in [0.15, 0.2) is 176 Å². The van der Waals surface area contributed by atoms with Gasteiger partial charge in [0.15, 0.2) is 0 Å². The lowest BCUT2D eigenvalue weighted by atomic mass is 9.65. The van der Waals surface area contributed by atoms with Crippen LogP contribution in [0.5, 0.6) is 0 Å². The second-order valence-electron chi connectivity index (χ2n) is 12.3. The van der Waals surface area contributed by atoms with E-state index in [2.05, 4.69) is 175 Å². The lowest BCUT2D eigenvalue weighted by Crippen LogP contribution is -2.30. The highest BCUT2D eigenvalue weighted by Crippen LogP contribution is 2.59. The molecular formula is C44H32N2. The molecule has 0 fully saturated rings. The topological polar surface area (TPSA) is 17.8 Å². The fourth-order valence-electron chi connectivity index (χ4n) is 7.83. The van der Waals surface area contributed by atoms with Crippen LogP contribution in [0.1, 0.15) is 29.5 Å². The van der Waals surface area contributed by atoms with Gasteiger partial charge >= 0.3 is 0 Å². The molecule has 0 aliphatic heterocycles. The summed E-state index contributed by atoms with van der Waals surface area (Å²) in [6, 6.07) is 52.6. The van der Waals surface area contributed by atoms with Crippen LogP contribution in [0, 0.1) is 0 Å². The van der Waals surface area contributed by atoms with E-state index in [-0.39, 0.29) is 5.41 Å². The van der Waals surface area contributed by atoms with Crippen molar-refractivity contribution in [3.63, 3.8) is 0 Å². The van der Waals surface area contributed by atoms with Gasteiger partial charge in [0, 0.05) is 28.4 Å². The quantitative estimate of drug-likeness (QED) is 0.196. The van der Waals surface area contributed by atoms with Crippen molar-refractivity contribution in [3.8, 4) is 39.3 Å². The minimum absolute atomic E-state index is 0.328. The summed E-state index contributed by atoms with van der Waals surface area (Å²) in [5.41, 5.74) is 14.3. The fourth-order valence-corrected chi connectivity index (χ4v) is 7.83. The van der Waals surface area contributed by atoms with Gasteiger partial charge in [-0.1, -0.05) is 145 Å². The molecule has 46 heavy (non-hydrogen) atoms. The first-order chi connectivity index (χ1) is 22.8. The molecule has 0 amide bonds. The summed E-state index contributed by atoms with van der Waals surface area (Å²) < 4.78 is 2.34. The maximum atomic E-state index is 5.13. The van der Waals surface area contributed by atoms with Crippen molar-refractivity contribution in [3.05, 3.63) is 192 Å². The third kappa shape index (κ3) is 4.00. The molecule has 2 nitrogen and oxygen atoms in total. The molecule has 1 unspecified atom stereocenters. The van der Waals surface area contributed by atoms with Crippen LogP contribution in [0.2, 0.25) is 0 Å². The third-order valence-corrected chi connectivity index (χ3v) is 9.81. The molecule has 0 spiro atoms. The summed E-state index contributed by atoms with van der Waals surface area (Å²) in [5, 5.41) is 1.27. The van der Waals surface area contributed by atoms with E-state index in [0.717, 1.165) is 41.0 Å². The van der Waals surface area contributed by atoms with Crippen molar-refractivity contribution < 1.29 is 0 Å². The molecule has 5 aromatic carbocycles. The smallest absolute Gasteiger partial charge is 0.0730 e. The maximum Gasteiger partial charge on any atom is 0.0730 e. The van der Waals surface area contributed by atoms with E-state index in [9.17, 15) is 0 Å². The Morgan fingerprint density at radius 3 is 1.93 bits per heavy atom. The molecule has 2 aliphatic rings. The number of rotatable bonds is 5. The van der Waals surface area contributed by atoms with Crippen LogP contribution >= 0.6 is 0 Å². The molecule has 1 atom stereocenters. The lowest BCUT2D eigenvalue weighted by Gasteiger charge is -2.36. The van der Waals surface area contributed by atoms with E-state index in [1.54, 1.807) is 0 Å². The minimum Gasteiger partial charge on any atom is -0.316 e. The average molecular weight is 589 g/mol. The van der Waals surface area contributed by atoms with Gasteiger partial charge in [0.25, 0.3) is 0 Å². The predicted molar refractivity (Wildman–Crippen MR) is 190 cm³/mol. The second kappa shape index (κ2) is 10.7. The molecule has 0 radical (unpaired) electrons. The van der Waals surface area contributed by atoms with E-state index in [4.69, 9.17) is 4.98 Å². The van der Waals surface area contributed by atoms with Crippen molar-refractivity contribution in [1.82, 2.24) is 9.55 Å². The van der Waals surface area contributed by atoms with Gasteiger partial charge in [-0.15, -0.1) is 0 Å². The number of fused-ring (bicyclic) bond motifs is 5. The Hall–Kier alpha value is -5.73. The lowest BCUT2D eigenvalue weighted by molar-refractivity contribution is 0.693.